The van der Waals surface area contributed by atoms with E-state index in [-0.39, 0.29) is 6.10 Å². The summed E-state index contributed by atoms with van der Waals surface area (Å²) < 4.78 is 5.55. The van der Waals surface area contributed by atoms with Crippen molar-refractivity contribution in [3.05, 3.63) is 0 Å². The average molecular weight is 213 g/mol. The van der Waals surface area contributed by atoms with Crippen molar-refractivity contribution in [2.45, 2.75) is 38.2 Å². The van der Waals surface area contributed by atoms with E-state index in [2.05, 4.69) is 5.32 Å². The molecule has 15 heavy (non-hydrogen) atoms. The van der Waals surface area contributed by atoms with E-state index in [1.165, 1.54) is 0 Å². The molecule has 2 rings (SSSR count). The molecular weight excluding hydrogens is 194 g/mol. The number of nitrogens with one attached hydrogen (secondary N) is 1. The maximum absolute atomic E-state index is 11.4. The number of piperidine rings is 1. The molecule has 0 aromatic heterocycles. The first-order valence-corrected chi connectivity index (χ1v) is 5.79. The van der Waals surface area contributed by atoms with Crippen LogP contribution in [0.5, 0.6) is 0 Å². The lowest BCUT2D eigenvalue weighted by molar-refractivity contribution is -0.153. The van der Waals surface area contributed by atoms with Gasteiger partial charge in [-0.25, -0.2) is 0 Å². The summed E-state index contributed by atoms with van der Waals surface area (Å²) >= 11 is 0. The molecule has 2 heterocycles. The van der Waals surface area contributed by atoms with Gasteiger partial charge in [-0.3, -0.25) is 4.79 Å². The van der Waals surface area contributed by atoms with Crippen LogP contribution in [0.25, 0.3) is 0 Å². The van der Waals surface area contributed by atoms with Gasteiger partial charge in [-0.2, -0.15) is 0 Å². The van der Waals surface area contributed by atoms with Gasteiger partial charge >= 0.3 is 5.97 Å². The van der Waals surface area contributed by atoms with E-state index in [1.807, 2.05) is 0 Å². The fraction of sp³-hybridized carbons (Fsp3) is 0.909. The molecule has 2 aliphatic heterocycles. The molecule has 1 unspecified atom stereocenters. The number of hydrogen-bond acceptors (Lipinski definition) is 3. The van der Waals surface area contributed by atoms with Crippen LogP contribution in [0.1, 0.15) is 32.1 Å². The zero-order chi connectivity index (χ0) is 10.7. The Morgan fingerprint density at radius 2 is 2.20 bits per heavy atom. The van der Waals surface area contributed by atoms with Crippen molar-refractivity contribution in [3.8, 4) is 0 Å². The number of ether oxygens (including phenoxy) is 1. The van der Waals surface area contributed by atoms with Crippen LogP contribution in [0.2, 0.25) is 0 Å². The number of aliphatic carboxylic acids is 1. The molecule has 1 atom stereocenters. The summed E-state index contributed by atoms with van der Waals surface area (Å²) in [7, 11) is 0. The molecule has 2 N–H and O–H groups in total. The molecule has 0 bridgehead atoms. The Hall–Kier alpha value is -0.610. The van der Waals surface area contributed by atoms with Crippen molar-refractivity contribution in [2.24, 2.45) is 5.41 Å². The van der Waals surface area contributed by atoms with Crippen molar-refractivity contribution in [2.75, 3.05) is 19.7 Å². The van der Waals surface area contributed by atoms with E-state index in [0.29, 0.717) is 6.42 Å². The van der Waals surface area contributed by atoms with Gasteiger partial charge in [0.25, 0.3) is 0 Å². The van der Waals surface area contributed by atoms with Crippen molar-refractivity contribution in [3.63, 3.8) is 0 Å². The second kappa shape index (κ2) is 4.49. The number of carboxylic acids is 1. The first-order valence-electron chi connectivity index (χ1n) is 5.79. The molecule has 0 aromatic carbocycles. The molecule has 0 aliphatic carbocycles. The van der Waals surface area contributed by atoms with E-state index < -0.39 is 11.4 Å². The van der Waals surface area contributed by atoms with Crippen LogP contribution < -0.4 is 5.32 Å². The minimum absolute atomic E-state index is 0.180. The minimum atomic E-state index is -0.639. The Morgan fingerprint density at radius 3 is 2.73 bits per heavy atom. The van der Waals surface area contributed by atoms with Crippen LogP contribution >= 0.6 is 0 Å². The van der Waals surface area contributed by atoms with Gasteiger partial charge in [0.05, 0.1) is 11.5 Å². The Balaban J connectivity index is 2.00. The summed E-state index contributed by atoms with van der Waals surface area (Å²) in [5.74, 6) is -0.639. The zero-order valence-electron chi connectivity index (χ0n) is 9.00. The van der Waals surface area contributed by atoms with Gasteiger partial charge in [0, 0.05) is 6.61 Å². The monoisotopic (exact) mass is 213 g/mol. The third kappa shape index (κ3) is 2.32. The molecule has 0 spiro atoms. The fourth-order valence-corrected chi connectivity index (χ4v) is 2.65. The first-order chi connectivity index (χ1) is 7.23. The Morgan fingerprint density at radius 1 is 1.47 bits per heavy atom. The van der Waals surface area contributed by atoms with Crippen LogP contribution in [0.4, 0.5) is 0 Å². The van der Waals surface area contributed by atoms with E-state index >= 15 is 0 Å². The van der Waals surface area contributed by atoms with E-state index in [1.54, 1.807) is 0 Å². The molecule has 2 saturated heterocycles. The van der Waals surface area contributed by atoms with Crippen molar-refractivity contribution >= 4 is 5.97 Å². The van der Waals surface area contributed by atoms with E-state index in [9.17, 15) is 9.90 Å². The molecule has 86 valence electrons. The standard InChI is InChI=1S/C11H19NO3/c13-10(14)11(3-5-12-6-4-11)8-9-2-1-7-15-9/h9,12H,1-8H2,(H,13,14). The Bertz CT molecular complexity index is 230. The summed E-state index contributed by atoms with van der Waals surface area (Å²) in [5.41, 5.74) is -0.528. The molecule has 0 radical (unpaired) electrons. The minimum Gasteiger partial charge on any atom is -0.481 e. The van der Waals surface area contributed by atoms with Gasteiger partial charge < -0.3 is 15.2 Å². The highest BCUT2D eigenvalue weighted by atomic mass is 16.5. The smallest absolute Gasteiger partial charge is 0.309 e. The van der Waals surface area contributed by atoms with Crippen molar-refractivity contribution in [1.29, 1.82) is 0 Å². The maximum atomic E-state index is 11.4. The molecule has 4 heteroatoms. The molecular formula is C11H19NO3. The maximum Gasteiger partial charge on any atom is 0.309 e. The molecule has 0 aromatic rings. The van der Waals surface area contributed by atoms with Gasteiger partial charge in [0.15, 0.2) is 0 Å². The zero-order valence-corrected chi connectivity index (χ0v) is 9.00. The van der Waals surface area contributed by atoms with Crippen LogP contribution in [-0.2, 0) is 9.53 Å². The van der Waals surface area contributed by atoms with Gasteiger partial charge in [0.1, 0.15) is 0 Å². The van der Waals surface area contributed by atoms with Gasteiger partial charge in [-0.1, -0.05) is 0 Å². The fourth-order valence-electron chi connectivity index (χ4n) is 2.65. The molecule has 4 nitrogen and oxygen atoms in total. The summed E-state index contributed by atoms with van der Waals surface area (Å²) in [6, 6.07) is 0. The highest BCUT2D eigenvalue weighted by molar-refractivity contribution is 5.74. The quantitative estimate of drug-likeness (QED) is 0.734. The second-order valence-corrected chi connectivity index (χ2v) is 4.67. The summed E-state index contributed by atoms with van der Waals surface area (Å²) in [6.45, 7) is 2.44. The predicted octanol–water partition coefficient (Wildman–Crippen LogP) is 1.01. The third-order valence-electron chi connectivity index (χ3n) is 3.66. The molecule has 2 aliphatic rings. The van der Waals surface area contributed by atoms with Crippen LogP contribution in [0.3, 0.4) is 0 Å². The van der Waals surface area contributed by atoms with Crippen molar-refractivity contribution in [1.82, 2.24) is 5.32 Å². The van der Waals surface area contributed by atoms with E-state index in [0.717, 1.165) is 45.4 Å². The van der Waals surface area contributed by atoms with Gasteiger partial charge in [-0.15, -0.1) is 0 Å². The normalized spacial score (nSPS) is 30.3. The SMILES string of the molecule is O=C(O)C1(CC2CCCO2)CCNCC1. The van der Waals surface area contributed by atoms with Crippen LogP contribution in [0.15, 0.2) is 0 Å². The molecule has 2 fully saturated rings. The largest absolute Gasteiger partial charge is 0.481 e. The lowest BCUT2D eigenvalue weighted by atomic mass is 9.74. The Kier molecular flexibility index (Phi) is 3.26. The van der Waals surface area contributed by atoms with Crippen LogP contribution in [-0.4, -0.2) is 36.9 Å². The highest BCUT2D eigenvalue weighted by Crippen LogP contribution is 2.37. The van der Waals surface area contributed by atoms with Gasteiger partial charge in [0.2, 0.25) is 0 Å². The summed E-state index contributed by atoms with van der Waals surface area (Å²) in [4.78, 5) is 11.4. The van der Waals surface area contributed by atoms with E-state index in [4.69, 9.17) is 4.74 Å². The number of carbonyl (C=O) groups is 1. The summed E-state index contributed by atoms with van der Waals surface area (Å²) in [6.07, 6.45) is 4.47. The number of rotatable bonds is 3. The first kappa shape index (κ1) is 10.9. The highest BCUT2D eigenvalue weighted by Gasteiger charge is 2.42. The van der Waals surface area contributed by atoms with Crippen LogP contribution in [0, 0.1) is 5.41 Å². The second-order valence-electron chi connectivity index (χ2n) is 4.67. The lowest BCUT2D eigenvalue weighted by Crippen LogP contribution is -2.44. The predicted molar refractivity (Wildman–Crippen MR) is 55.8 cm³/mol. The topological polar surface area (TPSA) is 58.6 Å². The average Bonchev–Trinajstić information content (AvgIpc) is 2.71. The lowest BCUT2D eigenvalue weighted by Gasteiger charge is -2.35. The van der Waals surface area contributed by atoms with Gasteiger partial charge in [-0.05, 0) is 45.2 Å². The number of hydrogen-bond donors (Lipinski definition) is 2. The van der Waals surface area contributed by atoms with Crippen molar-refractivity contribution < 1.29 is 14.6 Å². The Labute approximate surface area is 90.0 Å². The molecule has 0 amide bonds. The third-order valence-corrected chi connectivity index (χ3v) is 3.66. The number of carboxylic acid groups (broad SMARTS) is 1. The summed E-state index contributed by atoms with van der Waals surface area (Å²) in [5, 5.41) is 12.6. The molecule has 0 saturated carbocycles.